The van der Waals surface area contributed by atoms with Crippen molar-refractivity contribution in [2.45, 2.75) is 19.4 Å². The first-order valence-electron chi connectivity index (χ1n) is 10.0. The van der Waals surface area contributed by atoms with E-state index in [1.807, 2.05) is 6.92 Å². The molecule has 2 N–H and O–H groups in total. The number of fused-ring (bicyclic) bond motifs is 2. The molecule has 3 aromatic heterocycles. The molecular formula is C22H16Cl2FN7O. The summed E-state index contributed by atoms with van der Waals surface area (Å²) in [5.41, 5.74) is 1.36. The van der Waals surface area contributed by atoms with E-state index >= 15 is 0 Å². The Balaban J connectivity index is 1.76. The van der Waals surface area contributed by atoms with Gasteiger partial charge in [0.05, 0.1) is 39.0 Å². The maximum atomic E-state index is 14.0. The second-order valence-electron chi connectivity index (χ2n) is 7.27. The van der Waals surface area contributed by atoms with Crippen LogP contribution in [0, 0.1) is 5.82 Å². The molecule has 0 radical (unpaired) electrons. The van der Waals surface area contributed by atoms with Gasteiger partial charge in [-0.15, -0.1) is 0 Å². The maximum Gasteiger partial charge on any atom is 0.266 e. The number of nitrogens with zero attached hydrogens (tertiary/aromatic N) is 5. The average Bonchev–Trinajstić information content (AvgIpc) is 3.30. The fourth-order valence-corrected chi connectivity index (χ4v) is 4.07. The Morgan fingerprint density at radius 2 is 2.03 bits per heavy atom. The van der Waals surface area contributed by atoms with Crippen molar-refractivity contribution >= 4 is 51.1 Å². The Labute approximate surface area is 196 Å². The van der Waals surface area contributed by atoms with Crippen molar-refractivity contribution in [2.75, 3.05) is 5.32 Å². The van der Waals surface area contributed by atoms with Crippen LogP contribution in [-0.4, -0.2) is 29.5 Å². The number of hydrogen-bond donors (Lipinski definition) is 2. The van der Waals surface area contributed by atoms with Crippen molar-refractivity contribution in [1.82, 2.24) is 29.5 Å². The first kappa shape index (κ1) is 21.3. The van der Waals surface area contributed by atoms with Gasteiger partial charge in [0.15, 0.2) is 11.5 Å². The lowest BCUT2D eigenvalue weighted by atomic mass is 10.1. The molecule has 5 aromatic rings. The molecule has 1 atom stereocenters. The van der Waals surface area contributed by atoms with Crippen LogP contribution in [0.4, 0.5) is 10.2 Å². The second-order valence-corrected chi connectivity index (χ2v) is 8.06. The fourth-order valence-electron chi connectivity index (χ4n) is 3.69. The first-order valence-corrected chi connectivity index (χ1v) is 10.8. The maximum absolute atomic E-state index is 14.0. The van der Waals surface area contributed by atoms with Gasteiger partial charge in [-0.3, -0.25) is 9.36 Å². The SMILES string of the molecule is CC[C@@H](Nc1ncnc2[nH]cnc12)c1nc2ccc(F)cc2c(=O)n1-c1cccc(Cl)c1Cl. The molecule has 33 heavy (non-hydrogen) atoms. The van der Waals surface area contributed by atoms with Gasteiger partial charge in [0.2, 0.25) is 0 Å². The molecule has 0 unspecified atom stereocenters. The summed E-state index contributed by atoms with van der Waals surface area (Å²) in [5.74, 6) is 0.309. The minimum Gasteiger partial charge on any atom is -0.358 e. The van der Waals surface area contributed by atoms with Crippen LogP contribution in [0.15, 0.2) is 53.8 Å². The average molecular weight is 484 g/mol. The summed E-state index contributed by atoms with van der Waals surface area (Å²) < 4.78 is 15.3. The summed E-state index contributed by atoms with van der Waals surface area (Å²) in [6.45, 7) is 1.94. The number of rotatable bonds is 5. The molecule has 0 aliphatic heterocycles. The number of imidazole rings is 1. The van der Waals surface area contributed by atoms with E-state index < -0.39 is 17.4 Å². The molecule has 166 valence electrons. The van der Waals surface area contributed by atoms with Crippen LogP contribution in [0.3, 0.4) is 0 Å². The Kier molecular flexibility index (Phi) is 5.43. The van der Waals surface area contributed by atoms with E-state index in [-0.39, 0.29) is 15.4 Å². The molecule has 0 bridgehead atoms. The Morgan fingerprint density at radius 3 is 2.85 bits per heavy atom. The molecule has 11 heteroatoms. The van der Waals surface area contributed by atoms with Crippen molar-refractivity contribution < 1.29 is 4.39 Å². The van der Waals surface area contributed by atoms with Crippen LogP contribution >= 0.6 is 23.2 Å². The number of halogens is 3. The van der Waals surface area contributed by atoms with Crippen molar-refractivity contribution in [3.05, 3.63) is 81.1 Å². The molecule has 0 amide bonds. The van der Waals surface area contributed by atoms with E-state index in [2.05, 4.69) is 25.3 Å². The standard InChI is InChI=1S/C22H16Cl2FN7O/c1-2-14(30-20-18-19(27-9-26-18)28-10-29-20)21-31-15-7-6-11(25)8-12(15)22(33)32(21)16-5-3-4-13(23)17(16)24/h3-10,14H,2H2,1H3,(H2,26,27,28,29,30)/t14-/m1/s1. The van der Waals surface area contributed by atoms with Gasteiger partial charge in [0.1, 0.15) is 23.5 Å². The van der Waals surface area contributed by atoms with Gasteiger partial charge in [-0.1, -0.05) is 36.2 Å². The summed E-state index contributed by atoms with van der Waals surface area (Å²) in [5, 5.41) is 3.91. The van der Waals surface area contributed by atoms with Crippen molar-refractivity contribution in [2.24, 2.45) is 0 Å². The highest BCUT2D eigenvalue weighted by Crippen LogP contribution is 2.31. The van der Waals surface area contributed by atoms with Crippen LogP contribution in [0.25, 0.3) is 27.8 Å². The normalized spacial score (nSPS) is 12.4. The van der Waals surface area contributed by atoms with E-state index in [4.69, 9.17) is 28.2 Å². The van der Waals surface area contributed by atoms with Crippen molar-refractivity contribution in [1.29, 1.82) is 0 Å². The predicted octanol–water partition coefficient (Wildman–Crippen LogP) is 5.06. The van der Waals surface area contributed by atoms with Crippen LogP contribution in [0.1, 0.15) is 25.2 Å². The molecule has 0 saturated heterocycles. The van der Waals surface area contributed by atoms with E-state index in [9.17, 15) is 9.18 Å². The Hall–Kier alpha value is -3.56. The van der Waals surface area contributed by atoms with E-state index in [1.54, 1.807) is 18.2 Å². The highest BCUT2D eigenvalue weighted by Gasteiger charge is 2.23. The predicted molar refractivity (Wildman–Crippen MR) is 126 cm³/mol. The highest BCUT2D eigenvalue weighted by atomic mass is 35.5. The third-order valence-electron chi connectivity index (χ3n) is 5.28. The lowest BCUT2D eigenvalue weighted by Gasteiger charge is -2.22. The smallest absolute Gasteiger partial charge is 0.266 e. The van der Waals surface area contributed by atoms with Gasteiger partial charge in [-0.25, -0.2) is 24.3 Å². The number of nitrogens with one attached hydrogen (secondary N) is 2. The first-order chi connectivity index (χ1) is 16.0. The Bertz CT molecular complexity index is 1570. The van der Waals surface area contributed by atoms with Crippen LogP contribution in [0.2, 0.25) is 10.0 Å². The number of H-pyrrole nitrogens is 1. The van der Waals surface area contributed by atoms with Crippen LogP contribution < -0.4 is 10.9 Å². The van der Waals surface area contributed by atoms with Crippen molar-refractivity contribution in [3.8, 4) is 5.69 Å². The monoisotopic (exact) mass is 483 g/mol. The molecule has 0 aliphatic rings. The minimum absolute atomic E-state index is 0.126. The number of anilines is 1. The lowest BCUT2D eigenvalue weighted by molar-refractivity contribution is 0.628. The summed E-state index contributed by atoms with van der Waals surface area (Å²) >= 11 is 12.7. The van der Waals surface area contributed by atoms with Gasteiger partial charge < -0.3 is 10.3 Å². The number of benzene rings is 2. The van der Waals surface area contributed by atoms with Crippen molar-refractivity contribution in [3.63, 3.8) is 0 Å². The van der Waals surface area contributed by atoms with E-state index in [0.717, 1.165) is 6.07 Å². The fraction of sp³-hybridized carbons (Fsp3) is 0.136. The molecular weight excluding hydrogens is 468 g/mol. The molecule has 0 aliphatic carbocycles. The molecule has 0 spiro atoms. The summed E-state index contributed by atoms with van der Waals surface area (Å²) in [6, 6.07) is 8.39. The van der Waals surface area contributed by atoms with Crippen LogP contribution in [0.5, 0.6) is 0 Å². The van der Waals surface area contributed by atoms with E-state index in [0.29, 0.717) is 40.4 Å². The van der Waals surface area contributed by atoms with E-state index in [1.165, 1.54) is 29.4 Å². The summed E-state index contributed by atoms with van der Waals surface area (Å²) in [7, 11) is 0. The third kappa shape index (κ3) is 3.69. The second kappa shape index (κ2) is 8.42. The largest absolute Gasteiger partial charge is 0.358 e. The van der Waals surface area contributed by atoms with Gasteiger partial charge >= 0.3 is 0 Å². The molecule has 0 fully saturated rings. The molecule has 0 saturated carbocycles. The van der Waals surface area contributed by atoms with Gasteiger partial charge in [-0.05, 0) is 36.8 Å². The van der Waals surface area contributed by atoms with Crippen LogP contribution in [-0.2, 0) is 0 Å². The number of aromatic nitrogens is 6. The number of hydrogen-bond acceptors (Lipinski definition) is 6. The highest BCUT2D eigenvalue weighted by molar-refractivity contribution is 6.43. The van der Waals surface area contributed by atoms with Gasteiger partial charge in [-0.2, -0.15) is 0 Å². The zero-order valence-electron chi connectivity index (χ0n) is 17.2. The minimum atomic E-state index is -0.537. The number of aromatic amines is 1. The van der Waals surface area contributed by atoms with Gasteiger partial charge in [0, 0.05) is 0 Å². The molecule has 8 nitrogen and oxygen atoms in total. The molecule has 5 rings (SSSR count). The topological polar surface area (TPSA) is 101 Å². The molecule has 3 heterocycles. The Morgan fingerprint density at radius 1 is 1.18 bits per heavy atom. The molecule has 2 aromatic carbocycles. The quantitative estimate of drug-likeness (QED) is 0.362. The zero-order chi connectivity index (χ0) is 23.1. The zero-order valence-corrected chi connectivity index (χ0v) is 18.7. The van der Waals surface area contributed by atoms with Gasteiger partial charge in [0.25, 0.3) is 5.56 Å². The summed E-state index contributed by atoms with van der Waals surface area (Å²) in [4.78, 5) is 34.0. The lowest BCUT2D eigenvalue weighted by Crippen LogP contribution is -2.28. The summed E-state index contributed by atoms with van der Waals surface area (Å²) in [6.07, 6.45) is 3.47. The third-order valence-corrected chi connectivity index (χ3v) is 6.09.